The second-order valence-electron chi connectivity index (χ2n) is 5.09. The molecule has 1 aliphatic rings. The minimum atomic E-state index is -3.60. The number of imidazole rings is 1. The molecule has 2 aromatic heterocycles. The molecule has 1 unspecified atom stereocenters. The minimum absolute atomic E-state index is 0.226. The van der Waals surface area contributed by atoms with Crippen molar-refractivity contribution in [2.24, 2.45) is 7.05 Å². The zero-order chi connectivity index (χ0) is 15.0. The van der Waals surface area contributed by atoms with E-state index in [0.29, 0.717) is 25.3 Å². The SMILES string of the molecule is Cc1[nH]ncc1S(=O)(=O)N1CCNCC1c1nccn1C. The van der Waals surface area contributed by atoms with Crippen LogP contribution in [0.5, 0.6) is 0 Å². The molecular formula is C12H18N6O2S. The first-order valence-corrected chi connectivity index (χ1v) is 8.15. The molecule has 0 aromatic carbocycles. The zero-order valence-electron chi connectivity index (χ0n) is 11.9. The summed E-state index contributed by atoms with van der Waals surface area (Å²) in [7, 11) is -1.73. The summed E-state index contributed by atoms with van der Waals surface area (Å²) in [6.07, 6.45) is 4.86. The number of nitrogens with one attached hydrogen (secondary N) is 2. The van der Waals surface area contributed by atoms with Crippen LogP contribution in [0.2, 0.25) is 0 Å². The van der Waals surface area contributed by atoms with Crippen LogP contribution < -0.4 is 5.32 Å². The Bertz CT molecular complexity index is 735. The van der Waals surface area contributed by atoms with Crippen LogP contribution >= 0.6 is 0 Å². The number of aromatic nitrogens is 4. The van der Waals surface area contributed by atoms with Crippen LogP contribution in [0.4, 0.5) is 0 Å². The number of piperazine rings is 1. The molecule has 0 spiro atoms. The lowest BCUT2D eigenvalue weighted by Gasteiger charge is -2.34. The molecule has 1 fully saturated rings. The minimum Gasteiger partial charge on any atom is -0.337 e. The zero-order valence-corrected chi connectivity index (χ0v) is 12.8. The van der Waals surface area contributed by atoms with Gasteiger partial charge < -0.3 is 9.88 Å². The number of aryl methyl sites for hydroxylation is 2. The summed E-state index contributed by atoms with van der Waals surface area (Å²) in [6.45, 7) is 3.28. The van der Waals surface area contributed by atoms with Gasteiger partial charge in [-0.15, -0.1) is 0 Å². The number of sulfonamides is 1. The largest absolute Gasteiger partial charge is 0.337 e. The Balaban J connectivity index is 2.03. The highest BCUT2D eigenvalue weighted by atomic mass is 32.2. The van der Waals surface area contributed by atoms with Crippen molar-refractivity contribution in [1.82, 2.24) is 29.4 Å². The van der Waals surface area contributed by atoms with Gasteiger partial charge in [-0.2, -0.15) is 9.40 Å². The number of rotatable bonds is 3. The van der Waals surface area contributed by atoms with E-state index in [2.05, 4.69) is 20.5 Å². The van der Waals surface area contributed by atoms with Gasteiger partial charge >= 0.3 is 0 Å². The van der Waals surface area contributed by atoms with E-state index >= 15 is 0 Å². The molecule has 0 aliphatic carbocycles. The average Bonchev–Trinajstić information content (AvgIpc) is 3.07. The molecule has 114 valence electrons. The Morgan fingerprint density at radius 3 is 2.86 bits per heavy atom. The summed E-state index contributed by atoms with van der Waals surface area (Å²) in [5.74, 6) is 0.729. The van der Waals surface area contributed by atoms with Crippen LogP contribution in [0.3, 0.4) is 0 Å². The molecule has 0 radical (unpaired) electrons. The lowest BCUT2D eigenvalue weighted by atomic mass is 10.2. The summed E-state index contributed by atoms with van der Waals surface area (Å²) in [4.78, 5) is 4.53. The van der Waals surface area contributed by atoms with E-state index in [9.17, 15) is 8.42 Å². The Kier molecular flexibility index (Phi) is 3.56. The molecule has 21 heavy (non-hydrogen) atoms. The fourth-order valence-electron chi connectivity index (χ4n) is 2.62. The lowest BCUT2D eigenvalue weighted by molar-refractivity contribution is 0.258. The molecule has 2 aromatic rings. The van der Waals surface area contributed by atoms with Crippen LogP contribution in [0.15, 0.2) is 23.5 Å². The van der Waals surface area contributed by atoms with Crippen LogP contribution in [-0.2, 0) is 17.1 Å². The predicted octanol–water partition coefficient (Wildman–Crippen LogP) is -0.213. The van der Waals surface area contributed by atoms with Gasteiger partial charge in [0.15, 0.2) is 0 Å². The molecule has 3 rings (SSSR count). The van der Waals surface area contributed by atoms with E-state index in [1.165, 1.54) is 10.5 Å². The van der Waals surface area contributed by atoms with Gasteiger partial charge in [-0.05, 0) is 6.92 Å². The van der Waals surface area contributed by atoms with Gasteiger partial charge in [-0.1, -0.05) is 0 Å². The second-order valence-corrected chi connectivity index (χ2v) is 6.95. The van der Waals surface area contributed by atoms with Crippen LogP contribution in [0, 0.1) is 6.92 Å². The van der Waals surface area contributed by atoms with Crippen LogP contribution in [-0.4, -0.2) is 52.1 Å². The third-order valence-electron chi connectivity index (χ3n) is 3.72. The summed E-state index contributed by atoms with van der Waals surface area (Å²) in [6, 6.07) is -0.321. The van der Waals surface area contributed by atoms with E-state index in [1.54, 1.807) is 13.1 Å². The van der Waals surface area contributed by atoms with Crippen molar-refractivity contribution in [3.63, 3.8) is 0 Å². The summed E-state index contributed by atoms with van der Waals surface area (Å²) in [5.41, 5.74) is 0.548. The van der Waals surface area contributed by atoms with Gasteiger partial charge in [-0.3, -0.25) is 5.10 Å². The van der Waals surface area contributed by atoms with Crippen molar-refractivity contribution in [2.45, 2.75) is 17.9 Å². The maximum Gasteiger partial charge on any atom is 0.247 e. The fourth-order valence-corrected chi connectivity index (χ4v) is 4.32. The summed E-state index contributed by atoms with van der Waals surface area (Å²) in [5, 5.41) is 9.73. The third-order valence-corrected chi connectivity index (χ3v) is 5.74. The average molecular weight is 310 g/mol. The van der Waals surface area contributed by atoms with Crippen molar-refractivity contribution in [3.8, 4) is 0 Å². The van der Waals surface area contributed by atoms with Gasteiger partial charge in [0.05, 0.1) is 17.9 Å². The van der Waals surface area contributed by atoms with Crippen molar-refractivity contribution >= 4 is 10.0 Å². The Hall–Kier alpha value is -1.71. The number of hydrogen-bond acceptors (Lipinski definition) is 5. The topological polar surface area (TPSA) is 95.9 Å². The van der Waals surface area contributed by atoms with E-state index in [-0.39, 0.29) is 10.9 Å². The van der Waals surface area contributed by atoms with Gasteiger partial charge in [0, 0.05) is 39.1 Å². The number of H-pyrrole nitrogens is 1. The second kappa shape index (κ2) is 5.24. The Labute approximate surface area is 123 Å². The first-order chi connectivity index (χ1) is 10.0. The summed E-state index contributed by atoms with van der Waals surface area (Å²) < 4.78 is 29.1. The number of nitrogens with zero attached hydrogens (tertiary/aromatic N) is 4. The van der Waals surface area contributed by atoms with Crippen LogP contribution in [0.1, 0.15) is 17.6 Å². The molecule has 2 N–H and O–H groups in total. The monoisotopic (exact) mass is 310 g/mol. The normalized spacial score (nSPS) is 20.8. The van der Waals surface area contributed by atoms with E-state index in [0.717, 1.165) is 5.82 Å². The molecule has 1 atom stereocenters. The molecule has 8 nitrogen and oxygen atoms in total. The van der Waals surface area contributed by atoms with E-state index < -0.39 is 10.0 Å². The molecule has 0 amide bonds. The highest BCUT2D eigenvalue weighted by molar-refractivity contribution is 7.89. The molecule has 0 bridgehead atoms. The number of aromatic amines is 1. The van der Waals surface area contributed by atoms with Gasteiger partial charge in [-0.25, -0.2) is 13.4 Å². The van der Waals surface area contributed by atoms with Gasteiger partial charge in [0.2, 0.25) is 10.0 Å². The highest BCUT2D eigenvalue weighted by Gasteiger charge is 2.37. The Morgan fingerprint density at radius 1 is 1.43 bits per heavy atom. The van der Waals surface area contributed by atoms with Gasteiger partial charge in [0.25, 0.3) is 0 Å². The highest BCUT2D eigenvalue weighted by Crippen LogP contribution is 2.28. The molecule has 1 saturated heterocycles. The molecular weight excluding hydrogens is 292 g/mol. The predicted molar refractivity (Wildman–Crippen MR) is 76.0 cm³/mol. The van der Waals surface area contributed by atoms with Gasteiger partial charge in [0.1, 0.15) is 10.7 Å². The standard InChI is InChI=1S/C12H18N6O2S/c1-9-11(8-15-16-9)21(19,20)18-6-3-13-7-10(18)12-14-4-5-17(12)2/h4-5,8,10,13H,3,6-7H2,1-2H3,(H,15,16). The molecule has 3 heterocycles. The summed E-state index contributed by atoms with van der Waals surface area (Å²) >= 11 is 0. The smallest absolute Gasteiger partial charge is 0.247 e. The fraction of sp³-hybridized carbons (Fsp3) is 0.500. The lowest BCUT2D eigenvalue weighted by Crippen LogP contribution is -2.49. The molecule has 0 saturated carbocycles. The van der Waals surface area contributed by atoms with E-state index in [1.807, 2.05) is 17.8 Å². The number of hydrogen-bond donors (Lipinski definition) is 2. The van der Waals surface area contributed by atoms with Crippen molar-refractivity contribution in [1.29, 1.82) is 0 Å². The van der Waals surface area contributed by atoms with E-state index in [4.69, 9.17) is 0 Å². The van der Waals surface area contributed by atoms with Crippen molar-refractivity contribution in [3.05, 3.63) is 30.1 Å². The Morgan fingerprint density at radius 2 is 2.24 bits per heavy atom. The third kappa shape index (κ3) is 2.37. The quantitative estimate of drug-likeness (QED) is 0.817. The van der Waals surface area contributed by atoms with Crippen molar-refractivity contribution < 1.29 is 8.42 Å². The van der Waals surface area contributed by atoms with Crippen LogP contribution in [0.25, 0.3) is 0 Å². The molecule has 1 aliphatic heterocycles. The maximum absolute atomic E-state index is 12.9. The molecule has 9 heteroatoms. The first-order valence-electron chi connectivity index (χ1n) is 6.71. The van der Waals surface area contributed by atoms with Crippen molar-refractivity contribution in [2.75, 3.05) is 19.6 Å². The first kappa shape index (κ1) is 14.2. The maximum atomic E-state index is 12.9.